The Bertz CT molecular complexity index is 731. The summed E-state index contributed by atoms with van der Waals surface area (Å²) >= 11 is 0. The number of benzene rings is 2. The van der Waals surface area contributed by atoms with E-state index in [0.717, 1.165) is 28.9 Å². The highest BCUT2D eigenvalue weighted by Crippen LogP contribution is 2.35. The zero-order chi connectivity index (χ0) is 18.8. The summed E-state index contributed by atoms with van der Waals surface area (Å²) in [6.07, 6.45) is -4.36. The van der Waals surface area contributed by atoms with Crippen molar-refractivity contribution in [1.29, 1.82) is 0 Å². The Morgan fingerprint density at radius 1 is 0.880 bits per heavy atom. The molecule has 0 saturated heterocycles. The molecule has 0 aliphatic carbocycles. The molecule has 0 radical (unpaired) electrons. The molecule has 0 aliphatic heterocycles. The highest BCUT2D eigenvalue weighted by Gasteiger charge is 2.30. The molecule has 0 saturated carbocycles. The second kappa shape index (κ2) is 7.30. The first-order valence-corrected chi connectivity index (χ1v) is 8.25. The van der Waals surface area contributed by atoms with Gasteiger partial charge in [-0.2, -0.15) is 13.2 Å². The number of amidine groups is 1. The topological polar surface area (TPSA) is 38.4 Å². The fraction of sp³-hybridized carbons (Fsp3) is 0.350. The van der Waals surface area contributed by atoms with Crippen molar-refractivity contribution in [2.24, 2.45) is 10.7 Å². The third-order valence-corrected chi connectivity index (χ3v) is 4.08. The molecule has 0 fully saturated rings. The summed E-state index contributed by atoms with van der Waals surface area (Å²) in [4.78, 5) is 4.58. The van der Waals surface area contributed by atoms with E-state index in [1.54, 1.807) is 0 Å². The second-order valence-corrected chi connectivity index (χ2v) is 6.67. The molecule has 2 nitrogen and oxygen atoms in total. The van der Waals surface area contributed by atoms with Crippen molar-refractivity contribution in [1.82, 2.24) is 0 Å². The lowest BCUT2D eigenvalue weighted by Crippen LogP contribution is -2.14. The van der Waals surface area contributed by atoms with Crippen LogP contribution < -0.4 is 5.73 Å². The van der Waals surface area contributed by atoms with E-state index >= 15 is 0 Å². The predicted octanol–water partition coefficient (Wildman–Crippen LogP) is 5.99. The molecule has 0 aromatic heterocycles. The maximum Gasteiger partial charge on any atom is 0.416 e. The van der Waals surface area contributed by atoms with Crippen LogP contribution in [0.25, 0.3) is 0 Å². The minimum atomic E-state index is -4.36. The number of halogens is 3. The fourth-order valence-electron chi connectivity index (χ4n) is 2.66. The van der Waals surface area contributed by atoms with E-state index in [-0.39, 0.29) is 17.7 Å². The van der Waals surface area contributed by atoms with E-state index in [4.69, 9.17) is 5.73 Å². The lowest BCUT2D eigenvalue weighted by atomic mass is 9.93. The first-order valence-electron chi connectivity index (χ1n) is 8.25. The zero-order valence-electron chi connectivity index (χ0n) is 14.9. The van der Waals surface area contributed by atoms with Gasteiger partial charge in [0.25, 0.3) is 0 Å². The lowest BCUT2D eigenvalue weighted by molar-refractivity contribution is -0.137. The van der Waals surface area contributed by atoms with Gasteiger partial charge in [0.15, 0.2) is 0 Å². The van der Waals surface area contributed by atoms with Gasteiger partial charge in [-0.1, -0.05) is 58.0 Å². The molecule has 0 bridgehead atoms. The van der Waals surface area contributed by atoms with Crippen LogP contribution in [0.2, 0.25) is 0 Å². The van der Waals surface area contributed by atoms with Gasteiger partial charge in [-0.25, -0.2) is 4.99 Å². The zero-order valence-corrected chi connectivity index (χ0v) is 14.9. The SMILES string of the molecule is CC(C)c1cccc(C(C)C)c1N=C(N)c1ccc(C(F)(F)F)cc1. The summed E-state index contributed by atoms with van der Waals surface area (Å²) in [5.41, 5.74) is 8.82. The molecule has 25 heavy (non-hydrogen) atoms. The van der Waals surface area contributed by atoms with Gasteiger partial charge in [-0.05, 0) is 35.1 Å². The minimum absolute atomic E-state index is 0.212. The third kappa shape index (κ3) is 4.41. The standard InChI is InChI=1S/C20H23F3N2/c1-12(2)16-6-5-7-17(13(3)4)18(16)25-19(24)14-8-10-15(11-9-14)20(21,22)23/h5-13H,1-4H3,(H2,24,25). The van der Waals surface area contributed by atoms with Crippen molar-refractivity contribution in [2.75, 3.05) is 0 Å². The van der Waals surface area contributed by atoms with Crippen LogP contribution in [0.15, 0.2) is 47.5 Å². The van der Waals surface area contributed by atoms with Crippen LogP contribution in [-0.2, 0) is 6.18 Å². The van der Waals surface area contributed by atoms with Crippen LogP contribution in [-0.4, -0.2) is 5.84 Å². The smallest absolute Gasteiger partial charge is 0.383 e. The average molecular weight is 348 g/mol. The fourth-order valence-corrected chi connectivity index (χ4v) is 2.66. The number of hydrogen-bond acceptors (Lipinski definition) is 1. The number of rotatable bonds is 4. The van der Waals surface area contributed by atoms with Crippen LogP contribution >= 0.6 is 0 Å². The molecule has 2 rings (SSSR count). The molecular formula is C20H23F3N2. The van der Waals surface area contributed by atoms with Gasteiger partial charge >= 0.3 is 6.18 Å². The number of aliphatic imine (C=N–C) groups is 1. The predicted molar refractivity (Wildman–Crippen MR) is 96.4 cm³/mol. The maximum absolute atomic E-state index is 12.7. The molecule has 0 amide bonds. The van der Waals surface area contributed by atoms with E-state index in [2.05, 4.69) is 32.7 Å². The molecule has 2 N–H and O–H groups in total. The Morgan fingerprint density at radius 3 is 1.76 bits per heavy atom. The summed E-state index contributed by atoms with van der Waals surface area (Å²) in [5, 5.41) is 0. The Kier molecular flexibility index (Phi) is 5.55. The lowest BCUT2D eigenvalue weighted by Gasteiger charge is -2.17. The molecule has 134 valence electrons. The van der Waals surface area contributed by atoms with Crippen molar-refractivity contribution in [2.45, 2.75) is 45.7 Å². The van der Waals surface area contributed by atoms with Gasteiger partial charge in [0.05, 0.1) is 11.3 Å². The van der Waals surface area contributed by atoms with E-state index in [9.17, 15) is 13.2 Å². The molecular weight excluding hydrogens is 325 g/mol. The average Bonchev–Trinajstić information content (AvgIpc) is 2.53. The van der Waals surface area contributed by atoms with Gasteiger partial charge < -0.3 is 5.73 Å². The molecule has 0 aliphatic rings. The van der Waals surface area contributed by atoms with E-state index in [1.807, 2.05) is 18.2 Å². The highest BCUT2D eigenvalue weighted by atomic mass is 19.4. The summed E-state index contributed by atoms with van der Waals surface area (Å²) in [6, 6.07) is 10.8. The number of nitrogens with two attached hydrogens (primary N) is 1. The Labute approximate surface area is 146 Å². The van der Waals surface area contributed by atoms with Crippen molar-refractivity contribution in [3.63, 3.8) is 0 Å². The first kappa shape index (κ1) is 19.0. The van der Waals surface area contributed by atoms with E-state index in [1.165, 1.54) is 12.1 Å². The highest BCUT2D eigenvalue weighted by molar-refractivity contribution is 5.99. The first-order chi connectivity index (χ1) is 11.6. The Hall–Kier alpha value is -2.30. The minimum Gasteiger partial charge on any atom is -0.383 e. The van der Waals surface area contributed by atoms with Gasteiger partial charge in [0.1, 0.15) is 5.84 Å². The summed E-state index contributed by atoms with van der Waals surface area (Å²) in [6.45, 7) is 8.30. The number of hydrogen-bond donors (Lipinski definition) is 1. The molecule has 2 aromatic carbocycles. The van der Waals surface area contributed by atoms with Crippen molar-refractivity contribution < 1.29 is 13.2 Å². The summed E-state index contributed by atoms with van der Waals surface area (Å²) < 4.78 is 38.1. The molecule has 0 spiro atoms. The molecule has 0 unspecified atom stereocenters. The Morgan fingerprint density at radius 2 is 1.36 bits per heavy atom. The molecule has 0 atom stereocenters. The molecule has 2 aromatic rings. The maximum atomic E-state index is 12.7. The number of alkyl halides is 3. The van der Waals surface area contributed by atoms with Crippen molar-refractivity contribution >= 4 is 11.5 Å². The van der Waals surface area contributed by atoms with Crippen molar-refractivity contribution in [3.8, 4) is 0 Å². The van der Waals surface area contributed by atoms with Gasteiger partial charge in [0.2, 0.25) is 0 Å². The van der Waals surface area contributed by atoms with Crippen LogP contribution in [0.4, 0.5) is 18.9 Å². The van der Waals surface area contributed by atoms with Crippen molar-refractivity contribution in [3.05, 3.63) is 64.7 Å². The van der Waals surface area contributed by atoms with Crippen LogP contribution in [0, 0.1) is 0 Å². The van der Waals surface area contributed by atoms with Gasteiger partial charge in [-0.15, -0.1) is 0 Å². The number of nitrogens with zero attached hydrogens (tertiary/aromatic N) is 1. The number of para-hydroxylation sites is 1. The molecule has 5 heteroatoms. The summed E-state index contributed by atoms with van der Waals surface area (Å²) in [7, 11) is 0. The quantitative estimate of drug-likeness (QED) is 0.535. The van der Waals surface area contributed by atoms with Crippen LogP contribution in [0.3, 0.4) is 0 Å². The van der Waals surface area contributed by atoms with Gasteiger partial charge in [0, 0.05) is 5.56 Å². The van der Waals surface area contributed by atoms with Gasteiger partial charge in [-0.3, -0.25) is 0 Å². The van der Waals surface area contributed by atoms with Crippen LogP contribution in [0.1, 0.15) is 61.8 Å². The summed E-state index contributed by atoms with van der Waals surface area (Å²) in [5.74, 6) is 0.736. The third-order valence-electron chi connectivity index (χ3n) is 4.08. The van der Waals surface area contributed by atoms with E-state index < -0.39 is 11.7 Å². The molecule has 0 heterocycles. The van der Waals surface area contributed by atoms with E-state index in [0.29, 0.717) is 5.56 Å². The second-order valence-electron chi connectivity index (χ2n) is 6.67. The Balaban J connectivity index is 2.49. The largest absolute Gasteiger partial charge is 0.416 e. The van der Waals surface area contributed by atoms with Crippen LogP contribution in [0.5, 0.6) is 0 Å². The normalized spacial score (nSPS) is 12.9. The monoisotopic (exact) mass is 348 g/mol.